The number of allylic oxidation sites excluding steroid dienone is 6. The number of nitrogens with one attached hydrogen (secondary N) is 2. The average Bonchev–Trinajstić information content (AvgIpc) is 2.93. The number of benzene rings is 2. The van der Waals surface area contributed by atoms with E-state index in [4.69, 9.17) is 10.6 Å². The van der Waals surface area contributed by atoms with Gasteiger partial charge in [-0.1, -0.05) is 98.7 Å². The SMILES string of the molecule is C=C(NO)C(C)/C(C(=N)CCC)=C(\C)Cc1ccccc1.C=S(C)(=O)c1ccc(CCC2=CCCC=C2)cc1. The molecular weight excluding hydrogens is 500 g/mol. The van der Waals surface area contributed by atoms with Crippen molar-refractivity contribution < 1.29 is 9.42 Å². The Labute approximate surface area is 236 Å². The van der Waals surface area contributed by atoms with Gasteiger partial charge in [-0.15, -0.1) is 0 Å². The van der Waals surface area contributed by atoms with Gasteiger partial charge in [-0.05, 0) is 89.7 Å². The van der Waals surface area contributed by atoms with E-state index < -0.39 is 9.52 Å². The molecule has 0 spiro atoms. The molecule has 1 aliphatic rings. The minimum Gasteiger partial charge on any atom is -0.305 e. The number of aryl methyl sites for hydroxylation is 1. The van der Waals surface area contributed by atoms with E-state index in [-0.39, 0.29) is 5.92 Å². The van der Waals surface area contributed by atoms with Crippen molar-refractivity contribution in [1.82, 2.24) is 5.48 Å². The maximum Gasteiger partial charge on any atom is 0.0377 e. The molecular formula is C34H46N2O2S. The van der Waals surface area contributed by atoms with E-state index in [2.05, 4.69) is 74.3 Å². The third kappa shape index (κ3) is 10.9. The molecule has 3 N–H and O–H groups in total. The summed E-state index contributed by atoms with van der Waals surface area (Å²) >= 11 is 0. The fourth-order valence-electron chi connectivity index (χ4n) is 4.63. The monoisotopic (exact) mass is 546 g/mol. The van der Waals surface area contributed by atoms with Crippen LogP contribution in [0.5, 0.6) is 0 Å². The van der Waals surface area contributed by atoms with Gasteiger partial charge in [-0.25, -0.2) is 0 Å². The van der Waals surface area contributed by atoms with Gasteiger partial charge in [0.25, 0.3) is 0 Å². The lowest BCUT2D eigenvalue weighted by molar-refractivity contribution is 0.191. The van der Waals surface area contributed by atoms with Crippen LogP contribution in [0.2, 0.25) is 0 Å². The number of hydrogen-bond donors (Lipinski definition) is 3. The van der Waals surface area contributed by atoms with Crippen molar-refractivity contribution in [1.29, 1.82) is 5.41 Å². The van der Waals surface area contributed by atoms with Gasteiger partial charge in [0.2, 0.25) is 0 Å². The summed E-state index contributed by atoms with van der Waals surface area (Å²) in [6.45, 7) is 9.94. The minimum atomic E-state index is -2.08. The van der Waals surface area contributed by atoms with Gasteiger partial charge < -0.3 is 5.41 Å². The molecule has 0 aromatic heterocycles. The lowest BCUT2D eigenvalue weighted by atomic mass is 9.86. The third-order valence-electron chi connectivity index (χ3n) is 6.89. The highest BCUT2D eigenvalue weighted by atomic mass is 32.2. The normalized spacial score (nSPS) is 15.6. The van der Waals surface area contributed by atoms with Crippen molar-refractivity contribution in [3.05, 3.63) is 113 Å². The first-order valence-corrected chi connectivity index (χ1v) is 15.9. The van der Waals surface area contributed by atoms with Crippen LogP contribution in [-0.2, 0) is 22.4 Å². The molecule has 0 heterocycles. The van der Waals surface area contributed by atoms with Crippen molar-refractivity contribution in [3.8, 4) is 0 Å². The van der Waals surface area contributed by atoms with Crippen LogP contribution in [0.25, 0.3) is 0 Å². The second-order valence-corrected chi connectivity index (χ2v) is 12.8. The predicted octanol–water partition coefficient (Wildman–Crippen LogP) is 8.09. The molecule has 0 aliphatic heterocycles. The second kappa shape index (κ2) is 16.1. The first-order valence-electron chi connectivity index (χ1n) is 13.7. The van der Waals surface area contributed by atoms with Crippen molar-refractivity contribution >= 4 is 21.1 Å². The molecule has 4 nitrogen and oxygen atoms in total. The van der Waals surface area contributed by atoms with Gasteiger partial charge >= 0.3 is 0 Å². The highest BCUT2D eigenvalue weighted by Crippen LogP contribution is 2.25. The van der Waals surface area contributed by atoms with Gasteiger partial charge in [-0.3, -0.25) is 14.9 Å². The van der Waals surface area contributed by atoms with Crippen LogP contribution >= 0.6 is 0 Å². The van der Waals surface area contributed by atoms with E-state index in [1.807, 2.05) is 37.3 Å². The number of rotatable bonds is 12. The summed E-state index contributed by atoms with van der Waals surface area (Å²) in [6, 6.07) is 18.2. The summed E-state index contributed by atoms with van der Waals surface area (Å²) in [5.74, 6) is 3.61. The summed E-state index contributed by atoms with van der Waals surface area (Å²) in [6.07, 6.45) is 15.4. The first-order chi connectivity index (χ1) is 18.6. The Balaban J connectivity index is 0.000000276. The van der Waals surface area contributed by atoms with Crippen LogP contribution in [0.4, 0.5) is 0 Å². The summed E-state index contributed by atoms with van der Waals surface area (Å²) in [4.78, 5) is 0.836. The Hall–Kier alpha value is -3.15. The molecule has 5 heteroatoms. The standard InChI is InChI=1S/C18H26N2O.C16H20OS/c1-5-9-17(19)18(14(3)15(4)20-21)13(2)12-16-10-7-6-8-11-16;1-18(2,17)16-12-10-15(11-13-16)9-8-14-6-4-3-5-7-14/h6-8,10-11,14,19-21H,4-5,9,12H2,1-3H3;4,6-7,10-13H,1,3,5,8-9H2,2H3/b18-13-,19-17?;. The van der Waals surface area contributed by atoms with Crippen molar-refractivity contribution in [2.24, 2.45) is 5.92 Å². The van der Waals surface area contributed by atoms with Crippen LogP contribution in [0.1, 0.15) is 64.0 Å². The molecule has 0 radical (unpaired) electrons. The predicted molar refractivity (Wildman–Crippen MR) is 169 cm³/mol. The quantitative estimate of drug-likeness (QED) is 0.143. The van der Waals surface area contributed by atoms with Crippen LogP contribution in [0, 0.1) is 11.3 Å². The minimum absolute atomic E-state index is 0.0854. The maximum absolute atomic E-state index is 11.8. The zero-order chi connectivity index (χ0) is 28.8. The van der Waals surface area contributed by atoms with Crippen molar-refractivity contribution in [3.63, 3.8) is 0 Å². The van der Waals surface area contributed by atoms with E-state index in [0.29, 0.717) is 11.4 Å². The van der Waals surface area contributed by atoms with Crippen LogP contribution in [-0.4, -0.2) is 27.3 Å². The Morgan fingerprint density at radius 1 is 1.08 bits per heavy atom. The highest BCUT2D eigenvalue weighted by molar-refractivity contribution is 7.99. The van der Waals surface area contributed by atoms with Gasteiger partial charge in [-0.2, -0.15) is 0 Å². The smallest absolute Gasteiger partial charge is 0.0377 e. The fourth-order valence-corrected chi connectivity index (χ4v) is 5.34. The summed E-state index contributed by atoms with van der Waals surface area (Å²) in [5, 5.41) is 17.4. The zero-order valence-corrected chi connectivity index (χ0v) is 24.9. The van der Waals surface area contributed by atoms with E-state index in [1.54, 1.807) is 6.26 Å². The van der Waals surface area contributed by atoms with E-state index in [0.717, 1.165) is 48.1 Å². The molecule has 2 unspecified atom stereocenters. The van der Waals surface area contributed by atoms with E-state index >= 15 is 0 Å². The molecule has 0 bridgehead atoms. The molecule has 2 atom stereocenters. The molecule has 1 aliphatic carbocycles. The Bertz CT molecular complexity index is 1280. The molecule has 0 saturated carbocycles. The van der Waals surface area contributed by atoms with Gasteiger partial charge in [0.15, 0.2) is 0 Å². The largest absolute Gasteiger partial charge is 0.305 e. The highest BCUT2D eigenvalue weighted by Gasteiger charge is 2.19. The first kappa shape index (κ1) is 32.1. The van der Waals surface area contributed by atoms with Gasteiger partial charge in [0, 0.05) is 28.5 Å². The maximum atomic E-state index is 11.8. The Morgan fingerprint density at radius 3 is 2.28 bits per heavy atom. The average molecular weight is 547 g/mol. The van der Waals surface area contributed by atoms with Gasteiger partial charge in [0.1, 0.15) is 0 Å². The molecule has 0 amide bonds. The Morgan fingerprint density at radius 2 is 1.74 bits per heavy atom. The lowest BCUT2D eigenvalue weighted by Crippen LogP contribution is -2.21. The fraction of sp³-hybridized carbons (Fsp3) is 0.353. The molecule has 0 fully saturated rings. The van der Waals surface area contributed by atoms with Crippen LogP contribution in [0.3, 0.4) is 0 Å². The van der Waals surface area contributed by atoms with Crippen molar-refractivity contribution in [2.45, 2.75) is 70.6 Å². The van der Waals surface area contributed by atoms with Crippen LogP contribution < -0.4 is 5.48 Å². The second-order valence-electron chi connectivity index (χ2n) is 10.4. The van der Waals surface area contributed by atoms with Crippen LogP contribution in [0.15, 0.2) is 107 Å². The summed E-state index contributed by atoms with van der Waals surface area (Å²) in [5.41, 5.74) is 9.39. The Kier molecular flexibility index (Phi) is 13.2. The number of hydroxylamine groups is 1. The molecule has 0 saturated heterocycles. The molecule has 2 aromatic rings. The van der Waals surface area contributed by atoms with Gasteiger partial charge in [0.05, 0.1) is 0 Å². The summed E-state index contributed by atoms with van der Waals surface area (Å²) in [7, 11) is -2.08. The lowest BCUT2D eigenvalue weighted by Gasteiger charge is -2.22. The van der Waals surface area contributed by atoms with E-state index in [1.165, 1.54) is 29.5 Å². The zero-order valence-electron chi connectivity index (χ0n) is 24.1. The molecule has 2 aromatic carbocycles. The number of hydrogen-bond acceptors (Lipinski definition) is 4. The summed E-state index contributed by atoms with van der Waals surface area (Å²) < 4.78 is 11.8. The van der Waals surface area contributed by atoms with E-state index in [9.17, 15) is 4.21 Å². The molecule has 3 rings (SSSR count). The molecule has 210 valence electrons. The topological polar surface area (TPSA) is 73.2 Å². The molecule has 39 heavy (non-hydrogen) atoms. The third-order valence-corrected chi connectivity index (χ3v) is 8.16. The van der Waals surface area contributed by atoms with Crippen molar-refractivity contribution in [2.75, 3.05) is 6.26 Å².